The Labute approximate surface area is 72.2 Å². The molecule has 8 nitrogen and oxygen atoms in total. The lowest BCUT2D eigenvalue weighted by molar-refractivity contribution is -0.144. The lowest BCUT2D eigenvalue weighted by Crippen LogP contribution is -2.32. The molecule has 0 saturated heterocycles. The Morgan fingerprint density at radius 1 is 1.08 bits per heavy atom. The van der Waals surface area contributed by atoms with Gasteiger partial charge < -0.3 is 26.2 Å². The molecule has 1 unspecified atom stereocenters. The van der Waals surface area contributed by atoms with Crippen molar-refractivity contribution >= 4 is 18.1 Å². The van der Waals surface area contributed by atoms with E-state index in [2.05, 4.69) is 0 Å². The molecule has 13 heavy (non-hydrogen) atoms. The number of nitrogens with two attached hydrogens (primary N) is 1. The summed E-state index contributed by atoms with van der Waals surface area (Å²) in [5, 5.41) is 30.0. The third-order valence-electron chi connectivity index (χ3n) is 0.712. The van der Waals surface area contributed by atoms with Crippen molar-refractivity contribution in [1.82, 2.24) is 0 Å². The smallest absolute Gasteiger partial charge is 0.481 e. The van der Waals surface area contributed by atoms with Crippen LogP contribution in [-0.2, 0) is 9.59 Å². The Morgan fingerprint density at radius 2 is 1.38 bits per heavy atom. The van der Waals surface area contributed by atoms with Crippen LogP contribution in [0.25, 0.3) is 0 Å². The number of aliphatic carboxylic acids is 2. The monoisotopic (exact) mass is 195 g/mol. The summed E-state index contributed by atoms with van der Waals surface area (Å²) in [6.07, 6.45) is -2.37. The van der Waals surface area contributed by atoms with Crippen LogP contribution in [0.4, 0.5) is 4.79 Å². The van der Waals surface area contributed by atoms with E-state index in [0.717, 1.165) is 0 Å². The van der Waals surface area contributed by atoms with Gasteiger partial charge in [-0.1, -0.05) is 0 Å². The van der Waals surface area contributed by atoms with E-state index in [9.17, 15) is 9.59 Å². The van der Waals surface area contributed by atoms with Crippen LogP contribution in [0.1, 0.15) is 6.42 Å². The zero-order valence-corrected chi connectivity index (χ0v) is 6.38. The first-order valence-corrected chi connectivity index (χ1v) is 2.89. The van der Waals surface area contributed by atoms with Crippen molar-refractivity contribution in [1.29, 1.82) is 0 Å². The van der Waals surface area contributed by atoms with Gasteiger partial charge in [-0.3, -0.25) is 9.59 Å². The molecule has 6 N–H and O–H groups in total. The Hall–Kier alpha value is -1.83. The Balaban J connectivity index is 0. The van der Waals surface area contributed by atoms with E-state index in [1.54, 1.807) is 0 Å². The van der Waals surface area contributed by atoms with Crippen LogP contribution < -0.4 is 5.73 Å². The summed E-state index contributed by atoms with van der Waals surface area (Å²) in [5.74, 6) is -2.50. The molecule has 0 fully saturated rings. The maximum Gasteiger partial charge on any atom is 0.503 e. The first-order chi connectivity index (χ1) is 5.77. The molecule has 0 heterocycles. The number of hydrogen-bond acceptors (Lipinski definition) is 4. The predicted octanol–water partition coefficient (Wildman–Crippen LogP) is -0.905. The second-order valence-corrected chi connectivity index (χ2v) is 1.83. The quantitative estimate of drug-likeness (QED) is 0.387. The molecule has 0 rings (SSSR count). The third-order valence-corrected chi connectivity index (χ3v) is 0.712. The van der Waals surface area contributed by atoms with Crippen molar-refractivity contribution in [3.8, 4) is 0 Å². The van der Waals surface area contributed by atoms with E-state index in [1.165, 1.54) is 0 Å². The average molecular weight is 195 g/mol. The SMILES string of the molecule is NC(CC(=O)O)C(=O)O.O=C(O)O. The Morgan fingerprint density at radius 3 is 1.46 bits per heavy atom. The largest absolute Gasteiger partial charge is 0.503 e. The average Bonchev–Trinajstić information content (AvgIpc) is 1.83. The number of rotatable bonds is 3. The fraction of sp³-hybridized carbons (Fsp3) is 0.400. The van der Waals surface area contributed by atoms with Gasteiger partial charge in [-0.2, -0.15) is 0 Å². The molecule has 0 aliphatic heterocycles. The summed E-state index contributed by atoms with van der Waals surface area (Å²) in [7, 11) is 0. The standard InChI is InChI=1S/C4H7NO4.CH2O3/c5-2(4(8)9)1-3(6)7;2-1(3)4/h2H,1,5H2,(H,6,7)(H,8,9);(H2,2,3,4). The van der Waals surface area contributed by atoms with E-state index in [4.69, 9.17) is 31.0 Å². The highest BCUT2D eigenvalue weighted by Gasteiger charge is 2.14. The van der Waals surface area contributed by atoms with Crippen LogP contribution in [0.15, 0.2) is 0 Å². The van der Waals surface area contributed by atoms with E-state index >= 15 is 0 Å². The van der Waals surface area contributed by atoms with Gasteiger partial charge in [0.05, 0.1) is 6.42 Å². The van der Waals surface area contributed by atoms with Gasteiger partial charge in [0.15, 0.2) is 0 Å². The maximum atomic E-state index is 9.85. The highest BCUT2D eigenvalue weighted by Crippen LogP contribution is 1.86. The van der Waals surface area contributed by atoms with Crippen LogP contribution in [0.3, 0.4) is 0 Å². The second kappa shape index (κ2) is 6.85. The van der Waals surface area contributed by atoms with Gasteiger partial charge in [0, 0.05) is 0 Å². The van der Waals surface area contributed by atoms with Gasteiger partial charge in [-0.05, 0) is 0 Å². The molecule has 0 aliphatic rings. The van der Waals surface area contributed by atoms with Crippen molar-refractivity contribution in [2.24, 2.45) is 5.73 Å². The minimum atomic E-state index is -1.83. The molecular formula is C5H9NO7. The van der Waals surface area contributed by atoms with Crippen molar-refractivity contribution in [3.63, 3.8) is 0 Å². The Kier molecular flexibility index (Phi) is 7.24. The van der Waals surface area contributed by atoms with Crippen LogP contribution in [0.5, 0.6) is 0 Å². The molecule has 0 amide bonds. The predicted molar refractivity (Wildman–Crippen MR) is 38.5 cm³/mol. The lowest BCUT2D eigenvalue weighted by Gasteiger charge is -1.99. The zero-order valence-electron chi connectivity index (χ0n) is 6.38. The molecular weight excluding hydrogens is 186 g/mol. The summed E-state index contributed by atoms with van der Waals surface area (Å²) in [6, 6.07) is -1.29. The van der Waals surface area contributed by atoms with Crippen molar-refractivity contribution < 1.29 is 34.8 Å². The molecule has 0 bridgehead atoms. The van der Waals surface area contributed by atoms with Crippen LogP contribution >= 0.6 is 0 Å². The van der Waals surface area contributed by atoms with Gasteiger partial charge >= 0.3 is 18.1 Å². The molecule has 0 radical (unpaired) electrons. The van der Waals surface area contributed by atoms with E-state index in [1.807, 2.05) is 0 Å². The molecule has 0 aromatic heterocycles. The lowest BCUT2D eigenvalue weighted by atomic mass is 10.2. The highest BCUT2D eigenvalue weighted by atomic mass is 16.6. The summed E-state index contributed by atoms with van der Waals surface area (Å²) < 4.78 is 0. The van der Waals surface area contributed by atoms with Gasteiger partial charge in [-0.15, -0.1) is 0 Å². The zero-order chi connectivity index (χ0) is 11.0. The molecule has 8 heteroatoms. The normalized spacial score (nSPS) is 10.5. The number of hydrogen-bond donors (Lipinski definition) is 5. The van der Waals surface area contributed by atoms with Crippen molar-refractivity contribution in [2.45, 2.75) is 12.5 Å². The maximum absolute atomic E-state index is 9.85. The summed E-state index contributed by atoms with van der Waals surface area (Å²) in [4.78, 5) is 28.2. The van der Waals surface area contributed by atoms with Crippen LogP contribution in [0, 0.1) is 0 Å². The minimum absolute atomic E-state index is 0.532. The Bertz CT molecular complexity index is 197. The first kappa shape index (κ1) is 13.7. The van der Waals surface area contributed by atoms with Crippen LogP contribution in [0.2, 0.25) is 0 Å². The minimum Gasteiger partial charge on any atom is -0.481 e. The van der Waals surface area contributed by atoms with E-state index in [-0.39, 0.29) is 0 Å². The number of carboxylic acids is 2. The molecule has 0 aromatic carbocycles. The number of carbonyl (C=O) groups is 3. The third kappa shape index (κ3) is 17.8. The molecule has 1 atom stereocenters. The summed E-state index contributed by atoms with van der Waals surface area (Å²) in [6.45, 7) is 0. The van der Waals surface area contributed by atoms with E-state index < -0.39 is 30.6 Å². The summed E-state index contributed by atoms with van der Waals surface area (Å²) >= 11 is 0. The summed E-state index contributed by atoms with van der Waals surface area (Å²) in [5.41, 5.74) is 4.84. The van der Waals surface area contributed by atoms with Crippen molar-refractivity contribution in [3.05, 3.63) is 0 Å². The second-order valence-electron chi connectivity index (χ2n) is 1.83. The molecule has 0 aromatic rings. The highest BCUT2D eigenvalue weighted by molar-refractivity contribution is 5.80. The molecule has 0 spiro atoms. The molecule has 0 aliphatic carbocycles. The first-order valence-electron chi connectivity index (χ1n) is 2.89. The number of carboxylic acid groups (broad SMARTS) is 4. The van der Waals surface area contributed by atoms with Gasteiger partial charge in [0.2, 0.25) is 0 Å². The van der Waals surface area contributed by atoms with Gasteiger partial charge in [0.25, 0.3) is 0 Å². The van der Waals surface area contributed by atoms with E-state index in [0.29, 0.717) is 0 Å². The van der Waals surface area contributed by atoms with Gasteiger partial charge in [-0.25, -0.2) is 4.79 Å². The van der Waals surface area contributed by atoms with Gasteiger partial charge in [0.1, 0.15) is 6.04 Å². The van der Waals surface area contributed by atoms with Crippen molar-refractivity contribution in [2.75, 3.05) is 0 Å². The molecule has 76 valence electrons. The fourth-order valence-electron chi connectivity index (χ4n) is 0.275. The topological polar surface area (TPSA) is 158 Å². The molecule has 0 saturated carbocycles. The fourth-order valence-corrected chi connectivity index (χ4v) is 0.275. The van der Waals surface area contributed by atoms with Crippen LogP contribution in [-0.4, -0.2) is 44.6 Å².